The Kier molecular flexibility index (Phi) is 6.79. The molecule has 3 rings (SSSR count). The lowest BCUT2D eigenvalue weighted by Gasteiger charge is -2.20. The Morgan fingerprint density at radius 3 is 2.67 bits per heavy atom. The first-order chi connectivity index (χ1) is 14.4. The lowest BCUT2D eigenvalue weighted by molar-refractivity contribution is -0.137. The molecule has 9 heteroatoms. The van der Waals surface area contributed by atoms with Crippen LogP contribution in [-0.4, -0.2) is 48.3 Å². The second kappa shape index (κ2) is 9.49. The quantitative estimate of drug-likeness (QED) is 0.535. The van der Waals surface area contributed by atoms with Gasteiger partial charge in [0.05, 0.1) is 26.3 Å². The Morgan fingerprint density at radius 2 is 1.97 bits per heavy atom. The van der Waals surface area contributed by atoms with Crippen molar-refractivity contribution in [3.63, 3.8) is 0 Å². The summed E-state index contributed by atoms with van der Waals surface area (Å²) in [6, 6.07) is 12.2. The van der Waals surface area contributed by atoms with E-state index in [-0.39, 0.29) is 18.3 Å². The number of amides is 1. The van der Waals surface area contributed by atoms with Crippen molar-refractivity contribution in [2.75, 3.05) is 21.3 Å². The Hall–Kier alpha value is -3.26. The second-order valence-electron chi connectivity index (χ2n) is 6.49. The predicted molar refractivity (Wildman–Crippen MR) is 111 cm³/mol. The highest BCUT2D eigenvalue weighted by atomic mass is 35.5. The van der Waals surface area contributed by atoms with Crippen LogP contribution in [0.2, 0.25) is 5.02 Å². The molecular formula is C21H22ClN3O5. The maximum absolute atomic E-state index is 12.6. The molecule has 0 saturated heterocycles. The lowest BCUT2D eigenvalue weighted by atomic mass is 10.2. The monoisotopic (exact) mass is 431 g/mol. The third kappa shape index (κ3) is 5.01. The van der Waals surface area contributed by atoms with Crippen LogP contribution in [0.15, 0.2) is 47.0 Å². The van der Waals surface area contributed by atoms with E-state index in [1.807, 2.05) is 0 Å². The molecular weight excluding hydrogens is 410 g/mol. The zero-order valence-electron chi connectivity index (χ0n) is 17.1. The number of hydrogen-bond acceptors (Lipinski definition) is 7. The standard InChI is InChI=1S/C21H22ClN3O5/c1-13(29-16-7-5-6-14(22)10-16)21(26)25(2)12-19-23-20(24-30-19)17-9-8-15(27-3)11-18(17)28-4/h5-11,13H,12H2,1-4H3/t13-/m0/s1. The van der Waals surface area contributed by atoms with Crippen molar-refractivity contribution in [3.8, 4) is 28.6 Å². The third-order valence-corrected chi connectivity index (χ3v) is 4.56. The Labute approximate surface area is 179 Å². The number of rotatable bonds is 8. The largest absolute Gasteiger partial charge is 0.497 e. The average molecular weight is 432 g/mol. The van der Waals surface area contributed by atoms with Gasteiger partial charge in [-0.15, -0.1) is 0 Å². The minimum absolute atomic E-state index is 0.132. The van der Waals surface area contributed by atoms with Crippen molar-refractivity contribution in [2.45, 2.75) is 19.6 Å². The van der Waals surface area contributed by atoms with E-state index in [0.717, 1.165) is 0 Å². The number of carbonyl (C=O) groups is 1. The molecule has 0 radical (unpaired) electrons. The van der Waals surface area contributed by atoms with E-state index < -0.39 is 6.10 Å². The molecule has 0 saturated carbocycles. The summed E-state index contributed by atoms with van der Waals surface area (Å²) in [7, 11) is 4.76. The van der Waals surface area contributed by atoms with E-state index in [2.05, 4.69) is 10.1 Å². The fraction of sp³-hybridized carbons (Fsp3) is 0.286. The number of aromatic nitrogens is 2. The van der Waals surface area contributed by atoms with Crippen LogP contribution in [0.5, 0.6) is 17.2 Å². The highest BCUT2D eigenvalue weighted by Crippen LogP contribution is 2.31. The normalized spacial score (nSPS) is 11.6. The number of benzene rings is 2. The molecule has 0 fully saturated rings. The first-order valence-corrected chi connectivity index (χ1v) is 9.51. The van der Waals surface area contributed by atoms with Gasteiger partial charge in [0.2, 0.25) is 11.7 Å². The predicted octanol–water partition coefficient (Wildman–Crippen LogP) is 3.83. The van der Waals surface area contributed by atoms with Crippen LogP contribution in [0.4, 0.5) is 0 Å². The first-order valence-electron chi connectivity index (χ1n) is 9.13. The molecule has 158 valence electrons. The SMILES string of the molecule is COc1ccc(-c2noc(CN(C)C(=O)[C@H](C)Oc3cccc(Cl)c3)n2)c(OC)c1. The van der Waals surface area contributed by atoms with Crippen molar-refractivity contribution in [1.82, 2.24) is 15.0 Å². The molecule has 0 bridgehead atoms. The van der Waals surface area contributed by atoms with Crippen LogP contribution in [0.1, 0.15) is 12.8 Å². The highest BCUT2D eigenvalue weighted by molar-refractivity contribution is 6.30. The smallest absolute Gasteiger partial charge is 0.263 e. The van der Waals surface area contributed by atoms with Gasteiger partial charge in [0, 0.05) is 18.1 Å². The minimum atomic E-state index is -0.711. The molecule has 0 aliphatic heterocycles. The summed E-state index contributed by atoms with van der Waals surface area (Å²) in [6.45, 7) is 1.80. The van der Waals surface area contributed by atoms with Gasteiger partial charge in [0.15, 0.2) is 6.10 Å². The Balaban J connectivity index is 1.67. The summed E-state index contributed by atoms with van der Waals surface area (Å²) in [5.74, 6) is 2.12. The molecule has 8 nitrogen and oxygen atoms in total. The van der Waals surface area contributed by atoms with Crippen LogP contribution in [0.25, 0.3) is 11.4 Å². The molecule has 2 aromatic carbocycles. The van der Waals surface area contributed by atoms with E-state index in [9.17, 15) is 4.79 Å². The molecule has 0 unspecified atom stereocenters. The number of carbonyl (C=O) groups excluding carboxylic acids is 1. The molecule has 0 aliphatic rings. The number of ether oxygens (including phenoxy) is 3. The maximum atomic E-state index is 12.6. The van der Waals surface area contributed by atoms with Crippen molar-refractivity contribution in [1.29, 1.82) is 0 Å². The summed E-state index contributed by atoms with van der Waals surface area (Å²) in [5.41, 5.74) is 0.653. The number of nitrogens with zero attached hydrogens (tertiary/aromatic N) is 3. The highest BCUT2D eigenvalue weighted by Gasteiger charge is 2.22. The first kappa shape index (κ1) is 21.4. The van der Waals surface area contributed by atoms with Gasteiger partial charge >= 0.3 is 0 Å². The van der Waals surface area contributed by atoms with Crippen molar-refractivity contribution < 1.29 is 23.5 Å². The zero-order chi connectivity index (χ0) is 21.7. The summed E-state index contributed by atoms with van der Waals surface area (Å²) >= 11 is 5.95. The van der Waals surface area contributed by atoms with Gasteiger partial charge in [0.1, 0.15) is 17.2 Å². The minimum Gasteiger partial charge on any atom is -0.497 e. The molecule has 3 aromatic rings. The van der Waals surface area contributed by atoms with Gasteiger partial charge in [-0.1, -0.05) is 22.8 Å². The summed E-state index contributed by atoms with van der Waals surface area (Å²) < 4.78 is 21.6. The van der Waals surface area contributed by atoms with Gasteiger partial charge in [0.25, 0.3) is 5.91 Å². The molecule has 1 heterocycles. The van der Waals surface area contributed by atoms with Gasteiger partial charge in [-0.3, -0.25) is 4.79 Å². The van der Waals surface area contributed by atoms with Crippen LogP contribution >= 0.6 is 11.6 Å². The Bertz CT molecular complexity index is 1020. The Morgan fingerprint density at radius 1 is 1.17 bits per heavy atom. The van der Waals surface area contributed by atoms with Gasteiger partial charge in [-0.05, 0) is 37.3 Å². The molecule has 0 aliphatic carbocycles. The van der Waals surface area contributed by atoms with Crippen LogP contribution in [0, 0.1) is 0 Å². The molecule has 1 amide bonds. The molecule has 1 aromatic heterocycles. The van der Waals surface area contributed by atoms with E-state index in [1.54, 1.807) is 70.7 Å². The van der Waals surface area contributed by atoms with E-state index in [1.165, 1.54) is 4.90 Å². The molecule has 0 spiro atoms. The number of likely N-dealkylation sites (N-methyl/N-ethyl adjacent to an activating group) is 1. The summed E-state index contributed by atoms with van der Waals surface area (Å²) in [5, 5.41) is 4.53. The van der Waals surface area contributed by atoms with Gasteiger partial charge in [-0.2, -0.15) is 4.98 Å². The zero-order valence-corrected chi connectivity index (χ0v) is 17.8. The number of halogens is 1. The lowest BCUT2D eigenvalue weighted by Crippen LogP contribution is -2.37. The molecule has 1 atom stereocenters. The van der Waals surface area contributed by atoms with E-state index in [4.69, 9.17) is 30.3 Å². The molecule has 0 N–H and O–H groups in total. The summed E-state index contributed by atoms with van der Waals surface area (Å²) in [4.78, 5) is 18.5. The topological polar surface area (TPSA) is 86.9 Å². The van der Waals surface area contributed by atoms with Crippen molar-refractivity contribution in [2.24, 2.45) is 0 Å². The number of hydrogen-bond donors (Lipinski definition) is 0. The van der Waals surface area contributed by atoms with Gasteiger partial charge < -0.3 is 23.6 Å². The number of methoxy groups -OCH3 is 2. The van der Waals surface area contributed by atoms with E-state index in [0.29, 0.717) is 33.7 Å². The second-order valence-corrected chi connectivity index (χ2v) is 6.93. The van der Waals surface area contributed by atoms with Gasteiger partial charge in [-0.25, -0.2) is 0 Å². The van der Waals surface area contributed by atoms with Crippen molar-refractivity contribution in [3.05, 3.63) is 53.4 Å². The van der Waals surface area contributed by atoms with Crippen molar-refractivity contribution >= 4 is 17.5 Å². The average Bonchev–Trinajstić information content (AvgIpc) is 3.20. The van der Waals surface area contributed by atoms with Crippen LogP contribution < -0.4 is 14.2 Å². The fourth-order valence-corrected chi connectivity index (χ4v) is 2.98. The third-order valence-electron chi connectivity index (χ3n) is 4.32. The van der Waals surface area contributed by atoms with E-state index >= 15 is 0 Å². The van der Waals surface area contributed by atoms with Crippen LogP contribution in [0.3, 0.4) is 0 Å². The molecule has 30 heavy (non-hydrogen) atoms. The summed E-state index contributed by atoms with van der Waals surface area (Å²) in [6.07, 6.45) is -0.711. The maximum Gasteiger partial charge on any atom is 0.263 e. The van der Waals surface area contributed by atoms with Crippen LogP contribution in [-0.2, 0) is 11.3 Å². The fourth-order valence-electron chi connectivity index (χ4n) is 2.80.